The van der Waals surface area contributed by atoms with Crippen molar-refractivity contribution in [1.82, 2.24) is 0 Å². The Hall–Kier alpha value is -0.630. The van der Waals surface area contributed by atoms with Crippen LogP contribution in [0.4, 0.5) is 0 Å². The maximum Gasteiger partial charge on any atom is 0.0466 e. The van der Waals surface area contributed by atoms with Gasteiger partial charge in [0, 0.05) is 22.3 Å². The summed E-state index contributed by atoms with van der Waals surface area (Å²) in [4.78, 5) is 0. The molecule has 112 valence electrons. The topological polar surface area (TPSA) is 0 Å². The van der Waals surface area contributed by atoms with Crippen LogP contribution in [0, 0.1) is 0 Å². The van der Waals surface area contributed by atoms with E-state index in [4.69, 9.17) is 23.2 Å². The predicted octanol–water partition coefficient (Wildman–Crippen LogP) is 5.42. The minimum Gasteiger partial charge on any atom is -0.159 e. The summed E-state index contributed by atoms with van der Waals surface area (Å²) in [5, 5.41) is 0.330. The monoisotopic (exact) mass is 338 g/mol. The Morgan fingerprint density at radius 3 is 1.43 bits per heavy atom. The molecule has 0 nitrogen and oxygen atoms in total. The first-order chi connectivity index (χ1) is 10.2. The highest BCUT2D eigenvalue weighted by molar-refractivity contribution is 7.99. The summed E-state index contributed by atoms with van der Waals surface area (Å²) in [6.07, 6.45) is 1.84. The molecular formula is C18H20Cl2S. The van der Waals surface area contributed by atoms with Crippen molar-refractivity contribution >= 4 is 35.0 Å². The van der Waals surface area contributed by atoms with Crippen molar-refractivity contribution in [2.24, 2.45) is 0 Å². The normalized spacial score (nSPS) is 13.8. The van der Waals surface area contributed by atoms with E-state index in [9.17, 15) is 0 Å². The standard InChI is InChI=1S/C18H20Cl2S/c19-17(11-15-7-3-1-4-8-15)13-21-14-18(20)12-16-9-5-2-6-10-16/h1-10,17-18H,11-14H2/t17-,18+. The Balaban J connectivity index is 1.64. The van der Waals surface area contributed by atoms with Crippen LogP contribution in [0.2, 0.25) is 0 Å². The van der Waals surface area contributed by atoms with E-state index in [1.165, 1.54) is 11.1 Å². The molecule has 0 radical (unpaired) electrons. The van der Waals surface area contributed by atoms with Gasteiger partial charge in [-0.2, -0.15) is 11.8 Å². The number of benzene rings is 2. The van der Waals surface area contributed by atoms with E-state index < -0.39 is 0 Å². The molecule has 0 amide bonds. The molecular weight excluding hydrogens is 319 g/mol. The van der Waals surface area contributed by atoms with E-state index in [2.05, 4.69) is 48.5 Å². The lowest BCUT2D eigenvalue weighted by molar-refractivity contribution is 0.924. The van der Waals surface area contributed by atoms with Crippen molar-refractivity contribution in [1.29, 1.82) is 0 Å². The molecule has 0 fully saturated rings. The van der Waals surface area contributed by atoms with Crippen molar-refractivity contribution in [3.8, 4) is 0 Å². The average Bonchev–Trinajstić information content (AvgIpc) is 2.49. The first-order valence-electron chi connectivity index (χ1n) is 7.18. The predicted molar refractivity (Wildman–Crippen MR) is 96.9 cm³/mol. The number of hydrogen-bond acceptors (Lipinski definition) is 1. The molecule has 0 saturated heterocycles. The van der Waals surface area contributed by atoms with Gasteiger partial charge in [0.1, 0.15) is 0 Å². The lowest BCUT2D eigenvalue weighted by atomic mass is 10.1. The van der Waals surface area contributed by atoms with Crippen molar-refractivity contribution in [3.05, 3.63) is 71.8 Å². The van der Waals surface area contributed by atoms with Crippen molar-refractivity contribution in [3.63, 3.8) is 0 Å². The molecule has 2 aromatic carbocycles. The summed E-state index contributed by atoms with van der Waals surface area (Å²) >= 11 is 14.6. The molecule has 3 heteroatoms. The van der Waals surface area contributed by atoms with E-state index in [1.54, 1.807) is 0 Å². The molecule has 0 heterocycles. The van der Waals surface area contributed by atoms with Crippen LogP contribution < -0.4 is 0 Å². The Labute approximate surface area is 141 Å². The summed E-state index contributed by atoms with van der Waals surface area (Å²) in [7, 11) is 0. The zero-order valence-corrected chi connectivity index (χ0v) is 14.2. The highest BCUT2D eigenvalue weighted by atomic mass is 35.5. The minimum atomic E-state index is 0.165. The molecule has 0 aliphatic heterocycles. The number of alkyl halides is 2. The summed E-state index contributed by atoms with van der Waals surface area (Å²) in [6, 6.07) is 20.8. The third-order valence-electron chi connectivity index (χ3n) is 3.20. The van der Waals surface area contributed by atoms with Gasteiger partial charge in [0.05, 0.1) is 0 Å². The first-order valence-corrected chi connectivity index (χ1v) is 9.20. The molecule has 2 aromatic rings. The van der Waals surface area contributed by atoms with Crippen LogP contribution in [-0.4, -0.2) is 22.3 Å². The van der Waals surface area contributed by atoms with Crippen LogP contribution >= 0.6 is 35.0 Å². The van der Waals surface area contributed by atoms with Crippen LogP contribution in [-0.2, 0) is 12.8 Å². The second-order valence-corrected chi connectivity index (χ2v) is 7.42. The van der Waals surface area contributed by atoms with Gasteiger partial charge in [0.2, 0.25) is 0 Å². The number of rotatable bonds is 8. The molecule has 0 spiro atoms. The van der Waals surface area contributed by atoms with E-state index in [0.717, 1.165) is 24.3 Å². The van der Waals surface area contributed by atoms with Crippen molar-refractivity contribution in [2.75, 3.05) is 11.5 Å². The molecule has 21 heavy (non-hydrogen) atoms. The molecule has 2 atom stereocenters. The Morgan fingerprint density at radius 1 is 0.667 bits per heavy atom. The number of hydrogen-bond donors (Lipinski definition) is 0. The van der Waals surface area contributed by atoms with Gasteiger partial charge >= 0.3 is 0 Å². The molecule has 2 rings (SSSR count). The van der Waals surface area contributed by atoms with E-state index in [0.29, 0.717) is 0 Å². The van der Waals surface area contributed by atoms with Gasteiger partial charge in [-0.3, -0.25) is 0 Å². The largest absolute Gasteiger partial charge is 0.159 e. The van der Waals surface area contributed by atoms with Gasteiger partial charge in [0.15, 0.2) is 0 Å². The van der Waals surface area contributed by atoms with Crippen LogP contribution in [0.25, 0.3) is 0 Å². The fraction of sp³-hybridized carbons (Fsp3) is 0.333. The smallest absolute Gasteiger partial charge is 0.0466 e. The molecule has 0 aliphatic carbocycles. The maximum atomic E-state index is 6.40. The zero-order valence-electron chi connectivity index (χ0n) is 11.9. The molecule has 0 aromatic heterocycles. The molecule has 0 N–H and O–H groups in total. The highest BCUT2D eigenvalue weighted by Gasteiger charge is 2.10. The van der Waals surface area contributed by atoms with Gasteiger partial charge in [-0.25, -0.2) is 0 Å². The fourth-order valence-corrected chi connectivity index (χ4v) is 3.96. The zero-order chi connectivity index (χ0) is 14.9. The molecule has 0 saturated carbocycles. The lowest BCUT2D eigenvalue weighted by Gasteiger charge is -2.12. The van der Waals surface area contributed by atoms with Crippen LogP contribution in [0.1, 0.15) is 11.1 Å². The summed E-state index contributed by atoms with van der Waals surface area (Å²) < 4.78 is 0. The van der Waals surface area contributed by atoms with E-state index in [-0.39, 0.29) is 10.8 Å². The fourth-order valence-electron chi connectivity index (χ4n) is 2.18. The summed E-state index contributed by atoms with van der Waals surface area (Å²) in [5.74, 6) is 1.88. The Kier molecular flexibility index (Phi) is 7.49. The van der Waals surface area contributed by atoms with Crippen LogP contribution in [0.15, 0.2) is 60.7 Å². The van der Waals surface area contributed by atoms with Crippen LogP contribution in [0.3, 0.4) is 0 Å². The summed E-state index contributed by atoms with van der Waals surface area (Å²) in [6.45, 7) is 0. The Bertz CT molecular complexity index is 454. The Morgan fingerprint density at radius 2 is 1.05 bits per heavy atom. The molecule has 0 bridgehead atoms. The number of thioether (sulfide) groups is 1. The SMILES string of the molecule is Cl[C@H](CSC[C@H](Cl)Cc1ccccc1)Cc1ccccc1. The average molecular weight is 339 g/mol. The second kappa shape index (κ2) is 9.40. The van der Waals surface area contributed by atoms with Crippen LogP contribution in [0.5, 0.6) is 0 Å². The summed E-state index contributed by atoms with van der Waals surface area (Å²) in [5.41, 5.74) is 2.59. The van der Waals surface area contributed by atoms with Crippen molar-refractivity contribution < 1.29 is 0 Å². The molecule has 0 aliphatic rings. The van der Waals surface area contributed by atoms with Gasteiger partial charge < -0.3 is 0 Å². The first kappa shape index (κ1) is 16.7. The highest BCUT2D eigenvalue weighted by Crippen LogP contribution is 2.18. The number of halogens is 2. The van der Waals surface area contributed by atoms with Gasteiger partial charge in [0.25, 0.3) is 0 Å². The van der Waals surface area contributed by atoms with E-state index in [1.807, 2.05) is 23.9 Å². The second-order valence-electron chi connectivity index (χ2n) is 5.11. The molecule has 0 unspecified atom stereocenters. The maximum absolute atomic E-state index is 6.40. The lowest BCUT2D eigenvalue weighted by Crippen LogP contribution is -2.11. The van der Waals surface area contributed by atoms with Crippen molar-refractivity contribution in [2.45, 2.75) is 23.6 Å². The van der Waals surface area contributed by atoms with Gasteiger partial charge in [-0.15, -0.1) is 23.2 Å². The quantitative estimate of drug-likeness (QED) is 0.579. The third-order valence-corrected chi connectivity index (χ3v) is 5.46. The van der Waals surface area contributed by atoms with Gasteiger partial charge in [-0.1, -0.05) is 60.7 Å². The van der Waals surface area contributed by atoms with Gasteiger partial charge in [-0.05, 0) is 24.0 Å². The minimum absolute atomic E-state index is 0.165. The van der Waals surface area contributed by atoms with E-state index >= 15 is 0 Å². The third kappa shape index (κ3) is 6.78.